The minimum atomic E-state index is -5.16. The van der Waals surface area contributed by atoms with Gasteiger partial charge in [-0.05, 0) is 38.3 Å². The van der Waals surface area contributed by atoms with Crippen LogP contribution in [0.3, 0.4) is 0 Å². The Bertz CT molecular complexity index is 790. The maximum absolute atomic E-state index is 13.8. The summed E-state index contributed by atoms with van der Waals surface area (Å²) in [6, 6.07) is 5.41. The van der Waals surface area contributed by atoms with Crippen LogP contribution >= 0.6 is 0 Å². The highest BCUT2D eigenvalue weighted by Crippen LogP contribution is 2.49. The number of fused-ring (bicyclic) bond motifs is 1. The lowest BCUT2D eigenvalue weighted by molar-refractivity contribution is -0.306. The van der Waals surface area contributed by atoms with Gasteiger partial charge in [-0.1, -0.05) is 30.5 Å². The molecule has 25 heavy (non-hydrogen) atoms. The average Bonchev–Trinajstić information content (AvgIpc) is 2.69. The molecule has 5 nitrogen and oxygen atoms in total. The quantitative estimate of drug-likeness (QED) is 0.862. The highest BCUT2D eigenvalue weighted by Gasteiger charge is 2.69. The van der Waals surface area contributed by atoms with Crippen LogP contribution in [0.15, 0.2) is 34.3 Å². The number of aliphatic hydroxyl groups is 1. The van der Waals surface area contributed by atoms with Gasteiger partial charge in [-0.2, -0.15) is 26.7 Å². The highest BCUT2D eigenvalue weighted by atomic mass is 32.2. The number of hydrogen-bond donors (Lipinski definition) is 1. The predicted octanol–water partition coefficient (Wildman–Crippen LogP) is 3.19. The zero-order valence-electron chi connectivity index (χ0n) is 13.6. The van der Waals surface area contributed by atoms with E-state index in [1.807, 2.05) is 0 Å². The fraction of sp³-hybridized carbons (Fsp3) is 0.562. The van der Waals surface area contributed by atoms with Crippen LogP contribution < -0.4 is 0 Å². The molecule has 138 valence electrons. The molecule has 1 fully saturated rings. The largest absolute Gasteiger partial charge is 0.439 e. The number of alkyl halides is 3. The number of hydrogen-bond acceptors (Lipinski definition) is 4. The molecule has 1 heterocycles. The number of nitrogens with zero attached hydrogens (tertiary/aromatic N) is 2. The molecule has 9 heteroatoms. The second-order valence-corrected chi connectivity index (χ2v) is 8.30. The Kier molecular flexibility index (Phi) is 4.35. The van der Waals surface area contributed by atoms with Crippen molar-refractivity contribution in [1.82, 2.24) is 4.41 Å². The molecule has 1 N–H and O–H groups in total. The van der Waals surface area contributed by atoms with Crippen molar-refractivity contribution in [3.63, 3.8) is 0 Å². The lowest BCUT2D eigenvalue weighted by Crippen LogP contribution is -2.60. The maximum Gasteiger partial charge on any atom is 0.439 e. The summed E-state index contributed by atoms with van der Waals surface area (Å²) >= 11 is 0. The predicted molar refractivity (Wildman–Crippen MR) is 85.2 cm³/mol. The third kappa shape index (κ3) is 2.83. The van der Waals surface area contributed by atoms with Gasteiger partial charge in [0, 0.05) is 5.71 Å². The van der Waals surface area contributed by atoms with E-state index in [0.717, 1.165) is 12.0 Å². The van der Waals surface area contributed by atoms with E-state index in [4.69, 9.17) is 0 Å². The summed E-state index contributed by atoms with van der Waals surface area (Å²) < 4.78 is 66.8. The van der Waals surface area contributed by atoms with Crippen molar-refractivity contribution in [2.45, 2.75) is 55.8 Å². The molecule has 0 bridgehead atoms. The highest BCUT2D eigenvalue weighted by molar-refractivity contribution is 7.89. The summed E-state index contributed by atoms with van der Waals surface area (Å²) in [7, 11) is -4.64. The lowest BCUT2D eigenvalue weighted by Gasteiger charge is -2.37. The number of sulfonamides is 1. The summed E-state index contributed by atoms with van der Waals surface area (Å²) in [6.45, 7) is 1.73. The molecule has 0 radical (unpaired) electrons. The molecule has 0 saturated heterocycles. The van der Waals surface area contributed by atoms with Gasteiger partial charge < -0.3 is 5.11 Å². The first-order chi connectivity index (χ1) is 11.6. The van der Waals surface area contributed by atoms with Gasteiger partial charge in [0.2, 0.25) is 0 Å². The van der Waals surface area contributed by atoms with Crippen molar-refractivity contribution >= 4 is 15.7 Å². The van der Waals surface area contributed by atoms with Crippen LogP contribution in [0.2, 0.25) is 0 Å². The second-order valence-electron chi connectivity index (χ2n) is 6.53. The molecule has 1 aromatic carbocycles. The van der Waals surface area contributed by atoms with Crippen molar-refractivity contribution in [2.75, 3.05) is 0 Å². The number of halogens is 3. The van der Waals surface area contributed by atoms with Gasteiger partial charge in [-0.15, -0.1) is 4.41 Å². The van der Waals surface area contributed by atoms with Crippen molar-refractivity contribution in [3.05, 3.63) is 29.8 Å². The van der Waals surface area contributed by atoms with Gasteiger partial charge in [-0.3, -0.25) is 0 Å². The fourth-order valence-electron chi connectivity index (χ4n) is 3.40. The van der Waals surface area contributed by atoms with Crippen molar-refractivity contribution in [3.8, 4) is 0 Å². The standard InChI is InChI=1S/C16H19F3N2O3S/c1-11-7-9-12(10-8-11)25(23,24)21-15(22,16(17,18)19)13-5-3-2-4-6-14(13)20-21/h7-10,13,22H,2-6H2,1H3/t13-,15+/m0/s1. The molecule has 1 aliphatic carbocycles. The summed E-state index contributed by atoms with van der Waals surface area (Å²) in [5.74, 6) is -1.37. The molecule has 1 aromatic rings. The molecule has 1 saturated carbocycles. The first-order valence-electron chi connectivity index (χ1n) is 8.07. The van der Waals surface area contributed by atoms with Crippen molar-refractivity contribution in [2.24, 2.45) is 11.0 Å². The topological polar surface area (TPSA) is 70.0 Å². The Balaban J connectivity index is 2.13. The van der Waals surface area contributed by atoms with Crippen LogP contribution in [0.25, 0.3) is 0 Å². The molecule has 0 amide bonds. The molecule has 0 aromatic heterocycles. The van der Waals surface area contributed by atoms with Gasteiger partial charge in [0.1, 0.15) is 0 Å². The van der Waals surface area contributed by atoms with Gasteiger partial charge in [0.15, 0.2) is 0 Å². The normalized spacial score (nSPS) is 27.6. The zero-order valence-corrected chi connectivity index (χ0v) is 14.4. The van der Waals surface area contributed by atoms with E-state index in [2.05, 4.69) is 5.10 Å². The van der Waals surface area contributed by atoms with Crippen LogP contribution in [0, 0.1) is 12.8 Å². The summed E-state index contributed by atoms with van der Waals surface area (Å²) in [4.78, 5) is -0.332. The fourth-order valence-corrected chi connectivity index (χ4v) is 4.89. The molecule has 1 aliphatic heterocycles. The van der Waals surface area contributed by atoms with Crippen LogP contribution in [0.4, 0.5) is 13.2 Å². The van der Waals surface area contributed by atoms with E-state index < -0.39 is 27.8 Å². The van der Waals surface area contributed by atoms with Crippen LogP contribution in [0.1, 0.15) is 37.7 Å². The molecule has 2 aliphatic rings. The Hall–Kier alpha value is -1.61. The van der Waals surface area contributed by atoms with Gasteiger partial charge in [0.25, 0.3) is 15.7 Å². The average molecular weight is 376 g/mol. The smallest absolute Gasteiger partial charge is 0.361 e. The third-order valence-corrected chi connectivity index (χ3v) is 6.47. The lowest BCUT2D eigenvalue weighted by atomic mass is 9.88. The number of aryl methyl sites for hydroxylation is 1. The van der Waals surface area contributed by atoms with E-state index in [-0.39, 0.29) is 27.9 Å². The van der Waals surface area contributed by atoms with E-state index in [1.54, 1.807) is 6.92 Å². The maximum atomic E-state index is 13.8. The molecule has 3 rings (SSSR count). The Morgan fingerprint density at radius 2 is 1.84 bits per heavy atom. The Morgan fingerprint density at radius 1 is 1.20 bits per heavy atom. The molecule has 0 unspecified atom stereocenters. The number of hydrazone groups is 1. The van der Waals surface area contributed by atoms with E-state index in [9.17, 15) is 26.7 Å². The zero-order chi connectivity index (χ0) is 18.5. The molecule has 2 atom stereocenters. The first-order valence-corrected chi connectivity index (χ1v) is 9.51. The second kappa shape index (κ2) is 5.98. The van der Waals surface area contributed by atoms with Crippen molar-refractivity contribution in [1.29, 1.82) is 0 Å². The monoisotopic (exact) mass is 376 g/mol. The number of rotatable bonds is 2. The SMILES string of the molecule is Cc1ccc(S(=O)(=O)N2N=C3CCCCC[C@@H]3[C@@]2(O)C(F)(F)F)cc1. The van der Waals surface area contributed by atoms with E-state index in [1.165, 1.54) is 24.3 Å². The van der Waals surface area contributed by atoms with Gasteiger partial charge in [-0.25, -0.2) is 0 Å². The minimum Gasteiger partial charge on any atom is -0.361 e. The Labute approximate surface area is 144 Å². The summed E-state index contributed by atoms with van der Waals surface area (Å²) in [5.41, 5.74) is -2.67. The minimum absolute atomic E-state index is 0.0504. The van der Waals surface area contributed by atoms with E-state index in [0.29, 0.717) is 12.8 Å². The Morgan fingerprint density at radius 3 is 2.44 bits per heavy atom. The number of benzene rings is 1. The van der Waals surface area contributed by atoms with Crippen LogP contribution in [-0.4, -0.2) is 35.6 Å². The third-order valence-electron chi connectivity index (χ3n) is 4.79. The summed E-state index contributed by atoms with van der Waals surface area (Å²) in [5, 5.41) is 14.3. The van der Waals surface area contributed by atoms with Crippen molar-refractivity contribution < 1.29 is 26.7 Å². The molecular formula is C16H19F3N2O3S. The van der Waals surface area contributed by atoms with Gasteiger partial charge >= 0.3 is 6.18 Å². The van der Waals surface area contributed by atoms with E-state index >= 15 is 0 Å². The summed E-state index contributed by atoms with van der Waals surface area (Å²) in [6.07, 6.45) is -3.01. The van der Waals surface area contributed by atoms with Gasteiger partial charge in [0.05, 0.1) is 10.8 Å². The molecule has 0 spiro atoms. The van der Waals surface area contributed by atoms with Crippen LogP contribution in [0.5, 0.6) is 0 Å². The first kappa shape index (κ1) is 18.2. The molecular weight excluding hydrogens is 357 g/mol. The van der Waals surface area contributed by atoms with Crippen LogP contribution in [-0.2, 0) is 10.0 Å².